The van der Waals surface area contributed by atoms with E-state index in [2.05, 4.69) is 15.3 Å². The van der Waals surface area contributed by atoms with Gasteiger partial charge in [-0.15, -0.1) is 0 Å². The van der Waals surface area contributed by atoms with E-state index in [0.717, 1.165) is 26.1 Å². The van der Waals surface area contributed by atoms with Crippen LogP contribution in [0.25, 0.3) is 0 Å². The summed E-state index contributed by atoms with van der Waals surface area (Å²) in [4.78, 5) is 22.9. The van der Waals surface area contributed by atoms with Gasteiger partial charge in [0, 0.05) is 19.0 Å². The van der Waals surface area contributed by atoms with E-state index in [1.807, 2.05) is 25.8 Å². The second kappa shape index (κ2) is 6.50. The molecule has 6 heteroatoms. The summed E-state index contributed by atoms with van der Waals surface area (Å²) in [6.45, 7) is 6.45. The molecule has 2 heterocycles. The molecule has 1 aromatic heterocycles. The molecule has 1 unspecified atom stereocenters. The van der Waals surface area contributed by atoms with Gasteiger partial charge in [-0.3, -0.25) is 4.79 Å². The Kier molecular flexibility index (Phi) is 4.94. The predicted octanol–water partition coefficient (Wildman–Crippen LogP) is 1.93. The molecule has 1 aromatic rings. The van der Waals surface area contributed by atoms with Crippen LogP contribution in [0.5, 0.6) is 0 Å². The van der Waals surface area contributed by atoms with Crippen LogP contribution in [-0.4, -0.2) is 47.5 Å². The molecule has 2 rings (SSSR count). The van der Waals surface area contributed by atoms with E-state index in [0.29, 0.717) is 22.5 Å². The Hall–Kier alpha value is -1.20. The number of carbonyl (C=O) groups excluding carboxylic acids is 1. The van der Waals surface area contributed by atoms with E-state index >= 15 is 0 Å². The molecule has 0 radical (unpaired) electrons. The third-order valence-electron chi connectivity index (χ3n) is 3.55. The molecular weight excluding hydrogens is 276 g/mol. The molecule has 0 bridgehead atoms. The lowest BCUT2D eigenvalue weighted by Crippen LogP contribution is -2.31. The van der Waals surface area contributed by atoms with Crippen LogP contribution in [0.3, 0.4) is 0 Å². The zero-order valence-electron chi connectivity index (χ0n) is 12.2. The van der Waals surface area contributed by atoms with Gasteiger partial charge in [-0.25, -0.2) is 9.97 Å². The minimum absolute atomic E-state index is 0.0853. The molecule has 1 N–H and O–H groups in total. The molecule has 5 nitrogen and oxygen atoms in total. The highest BCUT2D eigenvalue weighted by Gasteiger charge is 2.28. The van der Waals surface area contributed by atoms with Crippen LogP contribution < -0.4 is 5.32 Å². The molecule has 20 heavy (non-hydrogen) atoms. The van der Waals surface area contributed by atoms with Crippen molar-refractivity contribution < 1.29 is 4.79 Å². The van der Waals surface area contributed by atoms with E-state index in [1.165, 1.54) is 6.20 Å². The highest BCUT2D eigenvalue weighted by molar-refractivity contribution is 6.33. The topological polar surface area (TPSA) is 58.1 Å². The zero-order chi connectivity index (χ0) is 14.7. The van der Waals surface area contributed by atoms with Crippen molar-refractivity contribution in [3.63, 3.8) is 0 Å². The van der Waals surface area contributed by atoms with E-state index in [9.17, 15) is 4.79 Å². The molecular formula is C14H21ClN4O. The van der Waals surface area contributed by atoms with Crippen LogP contribution in [0.2, 0.25) is 5.02 Å². The summed E-state index contributed by atoms with van der Waals surface area (Å²) >= 11 is 6.09. The summed E-state index contributed by atoms with van der Waals surface area (Å²) in [6, 6.07) is 0. The number of nitrogens with one attached hydrogen (secondary N) is 1. The minimum atomic E-state index is -0.0853. The average molecular weight is 297 g/mol. The summed E-state index contributed by atoms with van der Waals surface area (Å²) in [5, 5.41) is 3.48. The first-order chi connectivity index (χ1) is 9.52. The van der Waals surface area contributed by atoms with Gasteiger partial charge in [-0.1, -0.05) is 25.4 Å². The Morgan fingerprint density at radius 1 is 1.60 bits per heavy atom. The first-order valence-electron chi connectivity index (χ1n) is 6.99. The number of aromatic nitrogens is 2. The third kappa shape index (κ3) is 3.27. The van der Waals surface area contributed by atoms with Gasteiger partial charge in [0.2, 0.25) is 0 Å². The number of likely N-dealkylation sites (tertiary alicyclic amines) is 1. The molecule has 1 saturated heterocycles. The molecule has 1 amide bonds. The van der Waals surface area contributed by atoms with Crippen LogP contribution in [0, 0.1) is 5.92 Å². The first kappa shape index (κ1) is 15.2. The average Bonchev–Trinajstić information content (AvgIpc) is 2.87. The lowest BCUT2D eigenvalue weighted by molar-refractivity contribution is 0.0781. The third-order valence-corrected chi connectivity index (χ3v) is 3.82. The second-order valence-corrected chi connectivity index (χ2v) is 5.95. The molecule has 0 spiro atoms. The Balaban J connectivity index is 2.15. The lowest BCUT2D eigenvalue weighted by Gasteiger charge is -2.17. The maximum Gasteiger partial charge on any atom is 0.274 e. The molecule has 0 aliphatic carbocycles. The smallest absolute Gasteiger partial charge is 0.274 e. The van der Waals surface area contributed by atoms with Gasteiger partial charge in [-0.2, -0.15) is 0 Å². The molecule has 1 atom stereocenters. The van der Waals surface area contributed by atoms with E-state index < -0.39 is 0 Å². The fourth-order valence-corrected chi connectivity index (χ4v) is 2.60. The molecule has 110 valence electrons. The second-order valence-electron chi connectivity index (χ2n) is 5.54. The quantitative estimate of drug-likeness (QED) is 0.922. The van der Waals surface area contributed by atoms with Crippen LogP contribution >= 0.6 is 11.6 Å². The molecule has 1 fully saturated rings. The standard InChI is InChI=1S/C14H21ClN4O/c1-9(2)13-17-7-11(15)12(18-13)14(20)19-5-4-10(8-19)6-16-3/h7,9-10,16H,4-6,8H2,1-3H3. The van der Waals surface area contributed by atoms with Crippen LogP contribution in [0.1, 0.15) is 42.5 Å². The van der Waals surface area contributed by atoms with Gasteiger partial charge < -0.3 is 10.2 Å². The SMILES string of the molecule is CNCC1CCN(C(=O)c2nc(C(C)C)ncc2Cl)C1. The van der Waals surface area contributed by atoms with E-state index in [4.69, 9.17) is 11.6 Å². The summed E-state index contributed by atoms with van der Waals surface area (Å²) < 4.78 is 0. The molecule has 1 aliphatic rings. The number of carbonyl (C=O) groups is 1. The van der Waals surface area contributed by atoms with Crippen molar-refractivity contribution in [1.82, 2.24) is 20.2 Å². The van der Waals surface area contributed by atoms with E-state index in [-0.39, 0.29) is 11.8 Å². The fourth-order valence-electron chi connectivity index (χ4n) is 2.43. The van der Waals surface area contributed by atoms with Crippen molar-refractivity contribution in [2.45, 2.75) is 26.2 Å². The Morgan fingerprint density at radius 2 is 2.35 bits per heavy atom. The predicted molar refractivity (Wildman–Crippen MR) is 79.1 cm³/mol. The Labute approximate surface area is 124 Å². The van der Waals surface area contributed by atoms with Crippen LogP contribution in [0.4, 0.5) is 0 Å². The number of rotatable bonds is 4. The molecule has 0 aromatic carbocycles. The van der Waals surface area contributed by atoms with Crippen molar-refractivity contribution >= 4 is 17.5 Å². The van der Waals surface area contributed by atoms with Gasteiger partial charge in [0.05, 0.1) is 11.2 Å². The monoisotopic (exact) mass is 296 g/mol. The van der Waals surface area contributed by atoms with Gasteiger partial charge in [-0.05, 0) is 25.9 Å². The summed E-state index contributed by atoms with van der Waals surface area (Å²) in [6.07, 6.45) is 2.55. The fraction of sp³-hybridized carbons (Fsp3) is 0.643. The summed E-state index contributed by atoms with van der Waals surface area (Å²) in [5.41, 5.74) is 0.329. The number of halogens is 1. The maximum atomic E-state index is 12.5. The number of nitrogens with zero attached hydrogens (tertiary/aromatic N) is 3. The van der Waals surface area contributed by atoms with Crippen molar-refractivity contribution in [3.05, 3.63) is 22.7 Å². The number of hydrogen-bond donors (Lipinski definition) is 1. The Bertz CT molecular complexity index is 492. The molecule has 1 aliphatic heterocycles. The van der Waals surface area contributed by atoms with Crippen molar-refractivity contribution in [3.8, 4) is 0 Å². The van der Waals surface area contributed by atoms with E-state index in [1.54, 1.807) is 0 Å². The highest BCUT2D eigenvalue weighted by atomic mass is 35.5. The first-order valence-corrected chi connectivity index (χ1v) is 7.37. The normalized spacial score (nSPS) is 18.9. The largest absolute Gasteiger partial charge is 0.337 e. The number of amides is 1. The van der Waals surface area contributed by atoms with Crippen molar-refractivity contribution in [1.29, 1.82) is 0 Å². The lowest BCUT2D eigenvalue weighted by atomic mass is 10.1. The Morgan fingerprint density at radius 3 is 3.00 bits per heavy atom. The van der Waals surface area contributed by atoms with Gasteiger partial charge in [0.15, 0.2) is 5.69 Å². The summed E-state index contributed by atoms with van der Waals surface area (Å²) in [5.74, 6) is 1.25. The number of hydrogen-bond acceptors (Lipinski definition) is 4. The zero-order valence-corrected chi connectivity index (χ0v) is 12.9. The van der Waals surface area contributed by atoms with Crippen molar-refractivity contribution in [2.75, 3.05) is 26.7 Å². The summed E-state index contributed by atoms with van der Waals surface area (Å²) in [7, 11) is 1.93. The van der Waals surface area contributed by atoms with Crippen LogP contribution in [0.15, 0.2) is 6.20 Å². The van der Waals surface area contributed by atoms with Gasteiger partial charge in [0.1, 0.15) is 5.82 Å². The van der Waals surface area contributed by atoms with Gasteiger partial charge in [0.25, 0.3) is 5.91 Å². The molecule has 0 saturated carbocycles. The maximum absolute atomic E-state index is 12.5. The van der Waals surface area contributed by atoms with Gasteiger partial charge >= 0.3 is 0 Å². The highest BCUT2D eigenvalue weighted by Crippen LogP contribution is 2.22. The minimum Gasteiger partial charge on any atom is -0.337 e. The van der Waals surface area contributed by atoms with Crippen molar-refractivity contribution in [2.24, 2.45) is 5.92 Å². The van der Waals surface area contributed by atoms with Crippen LogP contribution in [-0.2, 0) is 0 Å².